The number of fused-ring (bicyclic) bond motifs is 2. The van der Waals surface area contributed by atoms with Crippen LogP contribution >= 0.6 is 24.2 Å². The minimum atomic E-state index is 0. The minimum Gasteiger partial charge on any atom is -0.378 e. The molecule has 1 heterocycles. The zero-order chi connectivity index (χ0) is 16.9. The molecule has 3 rings (SSSR count). The Hall–Kier alpha value is -0.500. The highest BCUT2D eigenvalue weighted by Gasteiger charge is 2.39. The van der Waals surface area contributed by atoms with E-state index in [1.807, 2.05) is 4.90 Å². The summed E-state index contributed by atoms with van der Waals surface area (Å²) in [6.45, 7) is 2.56. The number of nitrogens with two attached hydrogens (primary N) is 1. The molecule has 2 aliphatic carbocycles. The largest absolute Gasteiger partial charge is 0.378 e. The van der Waals surface area contributed by atoms with Crippen molar-refractivity contribution in [3.8, 4) is 0 Å². The van der Waals surface area contributed by atoms with Crippen LogP contribution in [0.15, 0.2) is 0 Å². The zero-order valence-corrected chi connectivity index (χ0v) is 16.3. The predicted molar refractivity (Wildman–Crippen MR) is 102 cm³/mol. The molecule has 2 amide bonds. The third-order valence-corrected chi connectivity index (χ3v) is 6.44. The number of nitrogens with zero attached hydrogens (tertiary/aromatic N) is 1. The van der Waals surface area contributed by atoms with Gasteiger partial charge in [0, 0.05) is 25.2 Å². The van der Waals surface area contributed by atoms with Crippen LogP contribution in [0.25, 0.3) is 0 Å². The Morgan fingerprint density at radius 2 is 1.76 bits per heavy atom. The normalized spacial score (nSPS) is 31.8. The molecule has 0 aromatic rings. The third-order valence-electron chi connectivity index (χ3n) is 5.53. The van der Waals surface area contributed by atoms with E-state index in [9.17, 15) is 9.59 Å². The van der Waals surface area contributed by atoms with Gasteiger partial charge in [0.05, 0.1) is 24.7 Å². The molecule has 0 spiro atoms. The Morgan fingerprint density at radius 3 is 2.40 bits per heavy atom. The van der Waals surface area contributed by atoms with Crippen LogP contribution in [-0.2, 0) is 14.3 Å². The van der Waals surface area contributed by atoms with E-state index in [0.29, 0.717) is 61.7 Å². The van der Waals surface area contributed by atoms with Gasteiger partial charge < -0.3 is 20.7 Å². The second kappa shape index (κ2) is 10.00. The lowest BCUT2D eigenvalue weighted by Gasteiger charge is -2.45. The number of morpholine rings is 1. The highest BCUT2D eigenvalue weighted by Crippen LogP contribution is 2.39. The van der Waals surface area contributed by atoms with Gasteiger partial charge in [-0.15, -0.1) is 24.2 Å². The SMILES string of the molecule is Cl.NC1CC2CCCC(C1)C2NC(=O)CSCC(=O)N1CCOCC1. The molecule has 2 saturated carbocycles. The van der Waals surface area contributed by atoms with Crippen molar-refractivity contribution in [2.75, 3.05) is 37.8 Å². The number of amides is 2. The van der Waals surface area contributed by atoms with Gasteiger partial charge in [-0.05, 0) is 37.5 Å². The van der Waals surface area contributed by atoms with Crippen molar-refractivity contribution in [1.29, 1.82) is 0 Å². The van der Waals surface area contributed by atoms with Gasteiger partial charge in [-0.2, -0.15) is 0 Å². The Balaban J connectivity index is 0.00000225. The quantitative estimate of drug-likeness (QED) is 0.731. The van der Waals surface area contributed by atoms with E-state index >= 15 is 0 Å². The van der Waals surface area contributed by atoms with Crippen LogP contribution in [0.2, 0.25) is 0 Å². The molecule has 0 aromatic carbocycles. The fourth-order valence-electron chi connectivity index (χ4n) is 4.39. The molecule has 2 atom stereocenters. The van der Waals surface area contributed by atoms with Crippen LogP contribution in [0.3, 0.4) is 0 Å². The Bertz CT molecular complexity index is 448. The first-order valence-electron chi connectivity index (χ1n) is 9.11. The van der Waals surface area contributed by atoms with Gasteiger partial charge in [-0.25, -0.2) is 0 Å². The molecule has 2 bridgehead atoms. The van der Waals surface area contributed by atoms with E-state index in [-0.39, 0.29) is 24.2 Å². The molecule has 3 aliphatic rings. The van der Waals surface area contributed by atoms with E-state index in [2.05, 4.69) is 5.32 Å². The average molecular weight is 392 g/mol. The lowest BCUT2D eigenvalue weighted by atomic mass is 9.67. The summed E-state index contributed by atoms with van der Waals surface area (Å²) < 4.78 is 5.25. The summed E-state index contributed by atoms with van der Waals surface area (Å²) in [6, 6.07) is 0.593. The van der Waals surface area contributed by atoms with E-state index in [4.69, 9.17) is 10.5 Å². The summed E-state index contributed by atoms with van der Waals surface area (Å²) in [4.78, 5) is 26.2. The number of halogens is 1. The van der Waals surface area contributed by atoms with E-state index in [1.165, 1.54) is 31.0 Å². The summed E-state index contributed by atoms with van der Waals surface area (Å²) in [5.74, 6) is 1.98. The van der Waals surface area contributed by atoms with Gasteiger partial charge in [-0.3, -0.25) is 9.59 Å². The summed E-state index contributed by atoms with van der Waals surface area (Å²) >= 11 is 1.41. The van der Waals surface area contributed by atoms with Gasteiger partial charge in [0.1, 0.15) is 0 Å². The molecule has 144 valence electrons. The first-order valence-corrected chi connectivity index (χ1v) is 10.3. The number of ether oxygens (including phenoxy) is 1. The smallest absolute Gasteiger partial charge is 0.232 e. The molecule has 0 aromatic heterocycles. The fraction of sp³-hybridized carbons (Fsp3) is 0.882. The molecule has 0 radical (unpaired) electrons. The Morgan fingerprint density at radius 1 is 1.12 bits per heavy atom. The summed E-state index contributed by atoms with van der Waals surface area (Å²) in [5, 5.41) is 3.23. The topological polar surface area (TPSA) is 84.7 Å². The van der Waals surface area contributed by atoms with Crippen molar-refractivity contribution >= 4 is 36.0 Å². The number of nitrogens with one attached hydrogen (secondary N) is 1. The van der Waals surface area contributed by atoms with Gasteiger partial charge in [0.25, 0.3) is 0 Å². The number of rotatable bonds is 5. The molecule has 6 nitrogen and oxygen atoms in total. The first-order chi connectivity index (χ1) is 11.6. The predicted octanol–water partition coefficient (Wildman–Crippen LogP) is 1.02. The molecule has 25 heavy (non-hydrogen) atoms. The van der Waals surface area contributed by atoms with E-state index < -0.39 is 0 Å². The number of hydrogen-bond donors (Lipinski definition) is 2. The van der Waals surface area contributed by atoms with Crippen molar-refractivity contribution in [3.63, 3.8) is 0 Å². The zero-order valence-electron chi connectivity index (χ0n) is 14.7. The summed E-state index contributed by atoms with van der Waals surface area (Å²) in [6.07, 6.45) is 5.68. The number of hydrogen-bond acceptors (Lipinski definition) is 5. The van der Waals surface area contributed by atoms with Crippen molar-refractivity contribution in [1.82, 2.24) is 10.2 Å². The lowest BCUT2D eigenvalue weighted by molar-refractivity contribution is -0.132. The van der Waals surface area contributed by atoms with Crippen LogP contribution < -0.4 is 11.1 Å². The molecule has 3 N–H and O–H groups in total. The van der Waals surface area contributed by atoms with Crippen molar-refractivity contribution in [3.05, 3.63) is 0 Å². The maximum Gasteiger partial charge on any atom is 0.232 e. The highest BCUT2D eigenvalue weighted by molar-refractivity contribution is 8.00. The van der Waals surface area contributed by atoms with Crippen LogP contribution in [0, 0.1) is 11.8 Å². The number of carbonyl (C=O) groups is 2. The molecule has 2 unspecified atom stereocenters. The van der Waals surface area contributed by atoms with E-state index in [0.717, 1.165) is 12.8 Å². The number of thioether (sulfide) groups is 1. The molecule has 3 fully saturated rings. The average Bonchev–Trinajstić information content (AvgIpc) is 2.56. The maximum absolute atomic E-state index is 12.3. The third kappa shape index (κ3) is 5.74. The van der Waals surface area contributed by atoms with Crippen LogP contribution in [-0.4, -0.2) is 66.6 Å². The van der Waals surface area contributed by atoms with Crippen LogP contribution in [0.5, 0.6) is 0 Å². The molecular formula is C17H30ClN3O3S. The fourth-order valence-corrected chi connectivity index (χ4v) is 5.12. The maximum atomic E-state index is 12.3. The summed E-state index contributed by atoms with van der Waals surface area (Å²) in [7, 11) is 0. The van der Waals surface area contributed by atoms with E-state index in [1.54, 1.807) is 0 Å². The summed E-state index contributed by atoms with van der Waals surface area (Å²) in [5.41, 5.74) is 6.13. The molecule has 1 saturated heterocycles. The molecular weight excluding hydrogens is 362 g/mol. The monoisotopic (exact) mass is 391 g/mol. The Labute approximate surface area is 160 Å². The second-order valence-corrected chi connectivity index (χ2v) is 8.25. The standard InChI is InChI=1S/C17H29N3O3S.ClH/c18-14-8-12-2-1-3-13(9-14)17(12)19-15(21)10-24-11-16(22)20-4-6-23-7-5-20;/h12-14,17H,1-11,18H2,(H,19,21);1H. The minimum absolute atomic E-state index is 0. The van der Waals surface area contributed by atoms with Gasteiger partial charge in [0.15, 0.2) is 0 Å². The van der Waals surface area contributed by atoms with Crippen LogP contribution in [0.4, 0.5) is 0 Å². The second-order valence-electron chi connectivity index (χ2n) is 7.26. The Kier molecular flexibility index (Phi) is 8.32. The van der Waals surface area contributed by atoms with Gasteiger partial charge in [0.2, 0.25) is 11.8 Å². The lowest BCUT2D eigenvalue weighted by Crippen LogP contribution is -2.54. The molecule has 8 heteroatoms. The van der Waals surface area contributed by atoms with Gasteiger partial charge >= 0.3 is 0 Å². The van der Waals surface area contributed by atoms with Crippen LogP contribution in [0.1, 0.15) is 32.1 Å². The highest BCUT2D eigenvalue weighted by atomic mass is 35.5. The van der Waals surface area contributed by atoms with Crippen molar-refractivity contribution in [2.24, 2.45) is 17.6 Å². The molecule has 1 aliphatic heterocycles. The van der Waals surface area contributed by atoms with Crippen molar-refractivity contribution < 1.29 is 14.3 Å². The number of carbonyl (C=O) groups excluding carboxylic acids is 2. The van der Waals surface area contributed by atoms with Gasteiger partial charge in [-0.1, -0.05) is 6.42 Å². The van der Waals surface area contributed by atoms with Crippen molar-refractivity contribution in [2.45, 2.75) is 44.2 Å². The first kappa shape index (κ1) is 20.8.